The van der Waals surface area contributed by atoms with Crippen LogP contribution in [0, 0.1) is 12.8 Å². The lowest BCUT2D eigenvalue weighted by Gasteiger charge is -2.26. The Morgan fingerprint density at radius 3 is 2.00 bits per heavy atom. The van der Waals surface area contributed by atoms with Crippen LogP contribution in [0.3, 0.4) is 0 Å². The molecule has 0 radical (unpaired) electrons. The first-order valence-electron chi connectivity index (χ1n) is 12.9. The van der Waals surface area contributed by atoms with Crippen molar-refractivity contribution in [1.29, 1.82) is 0 Å². The molecule has 1 unspecified atom stereocenters. The monoisotopic (exact) mass is 563 g/mol. The molecule has 0 amide bonds. The van der Waals surface area contributed by atoms with Crippen LogP contribution in [0.25, 0.3) is 22.1 Å². The Kier molecular flexibility index (Phi) is 8.18. The summed E-state index contributed by atoms with van der Waals surface area (Å²) in [5.41, 5.74) is 2.15. The molecular weight excluding hydrogens is 530 g/mol. The summed E-state index contributed by atoms with van der Waals surface area (Å²) in [4.78, 5) is 25.3. The van der Waals surface area contributed by atoms with E-state index in [1.54, 1.807) is 77.1 Å². The van der Waals surface area contributed by atoms with E-state index in [2.05, 4.69) is 4.72 Å². The summed E-state index contributed by atoms with van der Waals surface area (Å²) in [7, 11) is -3.98. The number of benzene rings is 3. The molecule has 4 rings (SSSR count). The molecule has 0 saturated carbocycles. The van der Waals surface area contributed by atoms with E-state index in [0.717, 1.165) is 16.5 Å². The normalized spacial score (nSPS) is 12.9. The van der Waals surface area contributed by atoms with Crippen molar-refractivity contribution in [2.75, 3.05) is 0 Å². The fraction of sp³-hybridized carbons (Fsp3) is 0.290. The lowest BCUT2D eigenvalue weighted by atomic mass is 10.1. The largest absolute Gasteiger partial charge is 0.459 e. The third-order valence-electron chi connectivity index (χ3n) is 6.20. The fourth-order valence-electron chi connectivity index (χ4n) is 4.12. The van der Waals surface area contributed by atoms with Gasteiger partial charge >= 0.3 is 11.9 Å². The molecule has 0 fully saturated rings. The highest BCUT2D eigenvalue weighted by atomic mass is 32.2. The standard InChI is InChI=1S/C31H33NO7S/c1-19(2)27(29(33)39-31(4,5)6)32-40(35,36)24-17-13-22(14-18-24)21-11-15-23(16-12-21)37-30(34)28-20(3)25-9-7-8-10-26(25)38-28/h7-19,27,32H,1-6H3. The van der Waals surface area contributed by atoms with E-state index in [1.165, 1.54) is 12.1 Å². The molecule has 0 bridgehead atoms. The van der Waals surface area contributed by atoms with Crippen LogP contribution in [-0.2, 0) is 19.6 Å². The Balaban J connectivity index is 1.45. The summed E-state index contributed by atoms with van der Waals surface area (Å²) < 4.78 is 45.1. The quantitative estimate of drug-likeness (QED) is 0.199. The van der Waals surface area contributed by atoms with Gasteiger partial charge in [0.1, 0.15) is 23.0 Å². The summed E-state index contributed by atoms with van der Waals surface area (Å²) >= 11 is 0. The molecule has 210 valence electrons. The van der Waals surface area contributed by atoms with Crippen LogP contribution in [-0.4, -0.2) is 32.0 Å². The van der Waals surface area contributed by atoms with Crippen molar-refractivity contribution >= 4 is 32.9 Å². The number of esters is 2. The maximum Gasteiger partial charge on any atom is 0.379 e. The first kappa shape index (κ1) is 29.0. The van der Waals surface area contributed by atoms with Crippen molar-refractivity contribution in [3.8, 4) is 16.9 Å². The predicted molar refractivity (Wildman–Crippen MR) is 153 cm³/mol. The minimum Gasteiger partial charge on any atom is -0.459 e. The Hall–Kier alpha value is -3.95. The lowest BCUT2D eigenvalue weighted by Crippen LogP contribution is -2.47. The Labute approximate surface area is 234 Å². The molecule has 3 aromatic carbocycles. The second-order valence-electron chi connectivity index (χ2n) is 10.9. The molecule has 9 heteroatoms. The first-order valence-corrected chi connectivity index (χ1v) is 14.4. The van der Waals surface area contributed by atoms with Crippen LogP contribution in [0.2, 0.25) is 0 Å². The first-order chi connectivity index (χ1) is 18.7. The number of hydrogen-bond donors (Lipinski definition) is 1. The SMILES string of the molecule is Cc1c(C(=O)Oc2ccc(-c3ccc(S(=O)(=O)NC(C(=O)OC(C)(C)C)C(C)C)cc3)cc2)oc2ccccc12. The van der Waals surface area contributed by atoms with Crippen molar-refractivity contribution in [2.45, 2.75) is 58.1 Å². The van der Waals surface area contributed by atoms with Gasteiger partial charge in [0.25, 0.3) is 0 Å². The topological polar surface area (TPSA) is 112 Å². The molecule has 40 heavy (non-hydrogen) atoms. The summed E-state index contributed by atoms with van der Waals surface area (Å²) in [6.07, 6.45) is 0. The molecule has 4 aromatic rings. The lowest BCUT2D eigenvalue weighted by molar-refractivity contribution is -0.158. The van der Waals surface area contributed by atoms with Gasteiger partial charge in [0.15, 0.2) is 0 Å². The number of hydrogen-bond acceptors (Lipinski definition) is 7. The highest BCUT2D eigenvalue weighted by Crippen LogP contribution is 2.28. The molecule has 1 N–H and O–H groups in total. The summed E-state index contributed by atoms with van der Waals surface area (Å²) in [6, 6.07) is 19.5. The molecule has 0 aliphatic rings. The number of aryl methyl sites for hydroxylation is 1. The second kappa shape index (κ2) is 11.3. The highest BCUT2D eigenvalue weighted by molar-refractivity contribution is 7.89. The number of fused-ring (bicyclic) bond motifs is 1. The average molecular weight is 564 g/mol. The zero-order valence-electron chi connectivity index (χ0n) is 23.3. The van der Waals surface area contributed by atoms with Crippen LogP contribution >= 0.6 is 0 Å². The molecule has 0 aliphatic carbocycles. The molecule has 0 aliphatic heterocycles. The van der Waals surface area contributed by atoms with E-state index in [-0.39, 0.29) is 16.6 Å². The third kappa shape index (κ3) is 6.60. The molecule has 1 heterocycles. The van der Waals surface area contributed by atoms with Gasteiger partial charge in [-0.3, -0.25) is 4.79 Å². The fourth-order valence-corrected chi connectivity index (χ4v) is 5.45. The molecule has 1 atom stereocenters. The predicted octanol–water partition coefficient (Wildman–Crippen LogP) is 6.27. The van der Waals surface area contributed by atoms with Crippen LogP contribution in [0.5, 0.6) is 5.75 Å². The van der Waals surface area contributed by atoms with Crippen LogP contribution in [0.4, 0.5) is 0 Å². The molecular formula is C31H33NO7S. The highest BCUT2D eigenvalue weighted by Gasteiger charge is 2.32. The molecule has 0 spiro atoms. The van der Waals surface area contributed by atoms with Crippen molar-refractivity contribution in [1.82, 2.24) is 4.72 Å². The Bertz CT molecular complexity index is 1630. The summed E-state index contributed by atoms with van der Waals surface area (Å²) in [5.74, 6) is -1.03. The van der Waals surface area contributed by atoms with E-state index in [4.69, 9.17) is 13.9 Å². The molecule has 1 aromatic heterocycles. The van der Waals surface area contributed by atoms with E-state index in [0.29, 0.717) is 16.9 Å². The van der Waals surface area contributed by atoms with Crippen LogP contribution < -0.4 is 9.46 Å². The maximum atomic E-state index is 13.0. The van der Waals surface area contributed by atoms with Crippen LogP contribution in [0.15, 0.2) is 82.1 Å². The number of ether oxygens (including phenoxy) is 2. The smallest absolute Gasteiger partial charge is 0.379 e. The van der Waals surface area contributed by atoms with E-state index in [1.807, 2.05) is 25.1 Å². The second-order valence-corrected chi connectivity index (χ2v) is 12.6. The van der Waals surface area contributed by atoms with Crippen molar-refractivity contribution in [2.24, 2.45) is 5.92 Å². The van der Waals surface area contributed by atoms with Gasteiger partial charge in [-0.25, -0.2) is 13.2 Å². The zero-order chi connectivity index (χ0) is 29.2. The average Bonchev–Trinajstić information content (AvgIpc) is 3.23. The summed E-state index contributed by atoms with van der Waals surface area (Å²) in [5, 5.41) is 0.857. The zero-order valence-corrected chi connectivity index (χ0v) is 24.2. The number of sulfonamides is 1. The Morgan fingerprint density at radius 1 is 0.875 bits per heavy atom. The van der Waals surface area contributed by atoms with Gasteiger partial charge in [0.2, 0.25) is 15.8 Å². The maximum absolute atomic E-state index is 13.0. The number of nitrogens with one attached hydrogen (secondary N) is 1. The minimum atomic E-state index is -3.98. The van der Waals surface area contributed by atoms with Gasteiger partial charge in [-0.05, 0) is 75.1 Å². The van der Waals surface area contributed by atoms with Gasteiger partial charge < -0.3 is 13.9 Å². The van der Waals surface area contributed by atoms with E-state index >= 15 is 0 Å². The summed E-state index contributed by atoms with van der Waals surface area (Å²) in [6.45, 7) is 10.5. The van der Waals surface area contributed by atoms with E-state index in [9.17, 15) is 18.0 Å². The number of carbonyl (C=O) groups excluding carboxylic acids is 2. The van der Waals surface area contributed by atoms with Crippen molar-refractivity contribution in [3.63, 3.8) is 0 Å². The van der Waals surface area contributed by atoms with Crippen molar-refractivity contribution in [3.05, 3.63) is 84.1 Å². The number of rotatable bonds is 8. The van der Waals surface area contributed by atoms with E-state index < -0.39 is 33.6 Å². The molecule has 8 nitrogen and oxygen atoms in total. The Morgan fingerprint density at radius 2 is 1.45 bits per heavy atom. The number of carbonyl (C=O) groups is 2. The van der Waals surface area contributed by atoms with Crippen LogP contribution in [0.1, 0.15) is 50.7 Å². The van der Waals surface area contributed by atoms with Gasteiger partial charge in [-0.2, -0.15) is 4.72 Å². The number of furan rings is 1. The van der Waals surface area contributed by atoms with Gasteiger partial charge in [-0.15, -0.1) is 0 Å². The van der Waals surface area contributed by atoms with Gasteiger partial charge in [0, 0.05) is 10.9 Å². The minimum absolute atomic E-state index is 0.0252. The van der Waals surface area contributed by atoms with Gasteiger partial charge in [0.05, 0.1) is 4.90 Å². The molecule has 0 saturated heterocycles. The third-order valence-corrected chi connectivity index (χ3v) is 7.66. The number of para-hydroxylation sites is 1. The van der Waals surface area contributed by atoms with Crippen molar-refractivity contribution < 1.29 is 31.9 Å². The van der Waals surface area contributed by atoms with Gasteiger partial charge in [-0.1, -0.05) is 56.3 Å².